The summed E-state index contributed by atoms with van der Waals surface area (Å²) in [4.78, 5) is 34.0. The number of Topliss-reactive ketones (excluding diaryl/α,β-unsaturated/α-hetero) is 1. The summed E-state index contributed by atoms with van der Waals surface area (Å²) in [7, 11) is 1.65. The summed E-state index contributed by atoms with van der Waals surface area (Å²) in [5.74, 6) is 0.914. The highest BCUT2D eigenvalue weighted by molar-refractivity contribution is 6.06. The second kappa shape index (κ2) is 11.0. The molecule has 1 amide bonds. The molecular formula is C31H33N3O3. The number of hydrogen-bond acceptors (Lipinski definition) is 5. The third-order valence-corrected chi connectivity index (χ3v) is 7.34. The van der Waals surface area contributed by atoms with E-state index in [1.807, 2.05) is 65.6 Å². The molecule has 0 radical (unpaired) electrons. The molecule has 190 valence electrons. The molecule has 0 fully saturated rings. The first-order chi connectivity index (χ1) is 18.1. The third-order valence-electron chi connectivity index (χ3n) is 7.34. The zero-order valence-corrected chi connectivity index (χ0v) is 21.4. The van der Waals surface area contributed by atoms with Gasteiger partial charge in [0, 0.05) is 36.5 Å². The van der Waals surface area contributed by atoms with E-state index in [1.54, 1.807) is 19.5 Å². The van der Waals surface area contributed by atoms with Crippen LogP contribution in [0.2, 0.25) is 0 Å². The molecule has 37 heavy (non-hydrogen) atoms. The summed E-state index contributed by atoms with van der Waals surface area (Å²) in [6.45, 7) is 2.13. The zero-order chi connectivity index (χ0) is 25.8. The predicted molar refractivity (Wildman–Crippen MR) is 146 cm³/mol. The summed E-state index contributed by atoms with van der Waals surface area (Å²) in [6.07, 6.45) is 7.85. The van der Waals surface area contributed by atoms with Crippen LogP contribution in [0.5, 0.6) is 5.75 Å². The maximum Gasteiger partial charge on any atom is 0.227 e. The molecule has 1 N–H and O–H groups in total. The van der Waals surface area contributed by atoms with Crippen LogP contribution in [0.1, 0.15) is 68.5 Å². The number of aromatic nitrogens is 1. The van der Waals surface area contributed by atoms with Gasteiger partial charge in [-0.15, -0.1) is 0 Å². The van der Waals surface area contributed by atoms with Crippen molar-refractivity contribution < 1.29 is 14.3 Å². The van der Waals surface area contributed by atoms with E-state index in [0.29, 0.717) is 24.8 Å². The minimum Gasteiger partial charge on any atom is -0.497 e. The summed E-state index contributed by atoms with van der Waals surface area (Å²) in [5, 5.41) is 3.59. The fourth-order valence-corrected chi connectivity index (χ4v) is 5.48. The van der Waals surface area contributed by atoms with E-state index in [9.17, 15) is 9.59 Å². The van der Waals surface area contributed by atoms with Crippen LogP contribution in [0.4, 0.5) is 11.4 Å². The highest BCUT2D eigenvalue weighted by atomic mass is 16.5. The van der Waals surface area contributed by atoms with Gasteiger partial charge in [0.1, 0.15) is 5.75 Å². The maximum atomic E-state index is 14.0. The highest BCUT2D eigenvalue weighted by Gasteiger charge is 2.41. The number of nitrogens with zero attached hydrogens (tertiary/aromatic N) is 2. The molecule has 1 aliphatic carbocycles. The second-order valence-corrected chi connectivity index (χ2v) is 9.75. The molecule has 3 aromatic rings. The number of fused-ring (bicyclic) bond motifs is 1. The number of pyridine rings is 1. The first-order valence-corrected chi connectivity index (χ1v) is 13.1. The summed E-state index contributed by atoms with van der Waals surface area (Å²) >= 11 is 0. The number of carbonyl (C=O) groups excluding carboxylic acids is 2. The number of unbranched alkanes of at least 4 members (excludes halogenated alkanes) is 2. The molecule has 2 aliphatic rings. The molecular weight excluding hydrogens is 462 g/mol. The minimum atomic E-state index is -0.529. The zero-order valence-electron chi connectivity index (χ0n) is 21.4. The van der Waals surface area contributed by atoms with Gasteiger partial charge in [-0.1, -0.05) is 50.1 Å². The topological polar surface area (TPSA) is 71.5 Å². The lowest BCUT2D eigenvalue weighted by molar-refractivity contribution is -0.119. The molecule has 5 rings (SSSR count). The minimum absolute atomic E-state index is 0.0235. The number of benzene rings is 2. The van der Waals surface area contributed by atoms with Crippen molar-refractivity contribution in [3.63, 3.8) is 0 Å². The summed E-state index contributed by atoms with van der Waals surface area (Å²) < 4.78 is 5.32. The number of para-hydroxylation sites is 2. The van der Waals surface area contributed by atoms with Gasteiger partial charge in [-0.3, -0.25) is 19.5 Å². The maximum absolute atomic E-state index is 14.0. The van der Waals surface area contributed by atoms with Crippen LogP contribution in [0.3, 0.4) is 0 Å². The average Bonchev–Trinajstić information content (AvgIpc) is 3.08. The number of nitrogens with one attached hydrogen (secondary N) is 1. The summed E-state index contributed by atoms with van der Waals surface area (Å²) in [6, 6.07) is 19.1. The molecule has 6 nitrogen and oxygen atoms in total. The van der Waals surface area contributed by atoms with E-state index >= 15 is 0 Å². The van der Waals surface area contributed by atoms with Crippen LogP contribution in [0.25, 0.3) is 0 Å². The van der Waals surface area contributed by atoms with Crippen molar-refractivity contribution in [3.8, 4) is 5.75 Å². The number of rotatable bonds is 7. The lowest BCUT2D eigenvalue weighted by atomic mass is 9.78. The van der Waals surface area contributed by atoms with Crippen molar-refractivity contribution in [2.45, 2.75) is 57.4 Å². The van der Waals surface area contributed by atoms with Crippen LogP contribution in [0.15, 0.2) is 84.3 Å². The van der Waals surface area contributed by atoms with Crippen molar-refractivity contribution in [2.75, 3.05) is 17.3 Å². The van der Waals surface area contributed by atoms with Gasteiger partial charge in [-0.2, -0.15) is 0 Å². The molecule has 2 atom stereocenters. The van der Waals surface area contributed by atoms with Crippen LogP contribution in [0, 0.1) is 0 Å². The Labute approximate surface area is 218 Å². The third kappa shape index (κ3) is 5.01. The number of allylic oxidation sites excluding steroid dienone is 1. The summed E-state index contributed by atoms with van der Waals surface area (Å²) in [5.41, 5.74) is 5.12. The van der Waals surface area contributed by atoms with Gasteiger partial charge in [0.2, 0.25) is 5.91 Å². The standard InChI is InChI=1S/C31H33N3O3/c1-3-4-5-12-29(36)34-27-11-7-6-10-25(27)33-26-18-23(21-13-15-24(37-2)16-14-21)19-28(35)30(26)31(34)22-9-8-17-32-20-22/h6-11,13-17,20,23,31,33H,3-5,12,18-19H2,1-2H3/t23-,31+/m1/s1. The van der Waals surface area contributed by atoms with Gasteiger partial charge in [-0.05, 0) is 60.2 Å². The fraction of sp³-hybridized carbons (Fsp3) is 0.323. The Morgan fingerprint density at radius 1 is 1.03 bits per heavy atom. The van der Waals surface area contributed by atoms with Gasteiger partial charge >= 0.3 is 0 Å². The average molecular weight is 496 g/mol. The predicted octanol–water partition coefficient (Wildman–Crippen LogP) is 6.57. The number of anilines is 2. The quantitative estimate of drug-likeness (QED) is 0.375. The molecule has 0 saturated heterocycles. The van der Waals surface area contributed by atoms with Crippen molar-refractivity contribution in [3.05, 3.63) is 95.5 Å². The number of carbonyl (C=O) groups is 2. The molecule has 0 bridgehead atoms. The Hall–Kier alpha value is -3.93. The van der Waals surface area contributed by atoms with Gasteiger partial charge in [0.15, 0.2) is 5.78 Å². The van der Waals surface area contributed by atoms with E-state index in [0.717, 1.165) is 53.2 Å². The monoisotopic (exact) mass is 495 g/mol. The smallest absolute Gasteiger partial charge is 0.227 e. The first kappa shape index (κ1) is 24.8. The molecule has 1 aliphatic heterocycles. The van der Waals surface area contributed by atoms with Gasteiger partial charge < -0.3 is 10.1 Å². The Morgan fingerprint density at radius 3 is 2.57 bits per heavy atom. The van der Waals surface area contributed by atoms with Crippen LogP contribution in [-0.2, 0) is 9.59 Å². The van der Waals surface area contributed by atoms with Crippen molar-refractivity contribution in [1.29, 1.82) is 0 Å². The lowest BCUT2D eigenvalue weighted by Crippen LogP contribution is -2.38. The second-order valence-electron chi connectivity index (χ2n) is 9.75. The Kier molecular flexibility index (Phi) is 7.35. The van der Waals surface area contributed by atoms with Gasteiger partial charge in [-0.25, -0.2) is 0 Å². The Balaban J connectivity index is 1.62. The molecule has 0 saturated carbocycles. The van der Waals surface area contributed by atoms with Gasteiger partial charge in [0.05, 0.1) is 24.5 Å². The number of amides is 1. The van der Waals surface area contributed by atoms with Crippen LogP contribution < -0.4 is 15.0 Å². The molecule has 1 aromatic heterocycles. The number of ether oxygens (including phenoxy) is 1. The molecule has 0 unspecified atom stereocenters. The van der Waals surface area contributed by atoms with Gasteiger partial charge in [0.25, 0.3) is 0 Å². The number of hydrogen-bond donors (Lipinski definition) is 1. The van der Waals surface area contributed by atoms with E-state index < -0.39 is 6.04 Å². The largest absolute Gasteiger partial charge is 0.497 e. The highest BCUT2D eigenvalue weighted by Crippen LogP contribution is 2.47. The lowest BCUT2D eigenvalue weighted by Gasteiger charge is -2.35. The van der Waals surface area contributed by atoms with Crippen molar-refractivity contribution in [1.82, 2.24) is 4.98 Å². The van der Waals surface area contributed by atoms with Crippen LogP contribution in [-0.4, -0.2) is 23.8 Å². The molecule has 2 aromatic carbocycles. The molecule has 6 heteroatoms. The Morgan fingerprint density at radius 2 is 1.84 bits per heavy atom. The number of methoxy groups -OCH3 is 1. The molecule has 2 heterocycles. The SMILES string of the molecule is CCCCCC(=O)N1c2ccccc2NC2=C(C(=O)C[C@H](c3ccc(OC)cc3)C2)[C@@H]1c1cccnc1. The number of ketones is 1. The Bertz CT molecular complexity index is 1300. The van der Waals surface area contributed by atoms with Crippen molar-refractivity contribution in [2.24, 2.45) is 0 Å². The van der Waals surface area contributed by atoms with E-state index in [4.69, 9.17) is 4.74 Å². The van der Waals surface area contributed by atoms with E-state index in [2.05, 4.69) is 17.2 Å². The fourth-order valence-electron chi connectivity index (χ4n) is 5.48. The van der Waals surface area contributed by atoms with Crippen LogP contribution >= 0.6 is 0 Å². The van der Waals surface area contributed by atoms with E-state index in [1.165, 1.54) is 0 Å². The first-order valence-electron chi connectivity index (χ1n) is 13.1. The molecule has 0 spiro atoms. The van der Waals surface area contributed by atoms with E-state index in [-0.39, 0.29) is 17.6 Å². The normalized spacial score (nSPS) is 19.0. The van der Waals surface area contributed by atoms with Crippen molar-refractivity contribution >= 4 is 23.1 Å².